The molecule has 32 heavy (non-hydrogen) atoms. The van der Waals surface area contributed by atoms with Crippen molar-refractivity contribution < 1.29 is 22.4 Å². The van der Waals surface area contributed by atoms with Crippen LogP contribution in [-0.2, 0) is 6.18 Å². The molecule has 0 radical (unpaired) electrons. The van der Waals surface area contributed by atoms with Gasteiger partial charge in [0.15, 0.2) is 17.8 Å². The molecule has 4 rings (SSSR count). The highest BCUT2D eigenvalue weighted by molar-refractivity contribution is 6.02. The van der Waals surface area contributed by atoms with Crippen molar-refractivity contribution in [3.05, 3.63) is 94.4 Å². The molecule has 0 bridgehead atoms. The van der Waals surface area contributed by atoms with Gasteiger partial charge < -0.3 is 9.73 Å². The Labute approximate surface area is 179 Å². The number of hydrogen-bond donors (Lipinski definition) is 1. The van der Waals surface area contributed by atoms with Crippen LogP contribution in [0.1, 0.15) is 21.7 Å². The van der Waals surface area contributed by atoms with Crippen molar-refractivity contribution in [3.8, 4) is 17.0 Å². The molecular formula is C22H15F3N4O3. The highest BCUT2D eigenvalue weighted by Crippen LogP contribution is 2.33. The Morgan fingerprint density at radius 2 is 1.81 bits per heavy atom. The maximum atomic E-state index is 13.4. The molecule has 0 spiro atoms. The lowest BCUT2D eigenvalue weighted by Crippen LogP contribution is -2.27. The zero-order chi connectivity index (χ0) is 22.9. The number of carbonyl (C=O) groups is 1. The van der Waals surface area contributed by atoms with Gasteiger partial charge in [0.1, 0.15) is 0 Å². The van der Waals surface area contributed by atoms with Crippen LogP contribution < -0.4 is 10.7 Å². The maximum Gasteiger partial charge on any atom is 0.418 e. The summed E-state index contributed by atoms with van der Waals surface area (Å²) in [5, 5.41) is 6.47. The van der Waals surface area contributed by atoms with E-state index in [1.807, 2.05) is 0 Å². The van der Waals surface area contributed by atoms with Gasteiger partial charge in [-0.2, -0.15) is 18.3 Å². The van der Waals surface area contributed by atoms with Crippen LogP contribution in [-0.4, -0.2) is 20.7 Å². The van der Waals surface area contributed by atoms with Crippen LogP contribution in [0.4, 0.5) is 18.9 Å². The summed E-state index contributed by atoms with van der Waals surface area (Å²) in [6.45, 7) is 1.44. The Hall–Kier alpha value is -4.21. The number of nitrogens with zero attached hydrogens (tertiary/aromatic N) is 3. The van der Waals surface area contributed by atoms with Gasteiger partial charge in [-0.05, 0) is 43.3 Å². The van der Waals surface area contributed by atoms with Gasteiger partial charge in [-0.25, -0.2) is 9.67 Å². The first-order valence-electron chi connectivity index (χ1n) is 9.32. The molecule has 1 amide bonds. The Balaban J connectivity index is 1.67. The van der Waals surface area contributed by atoms with Crippen LogP contribution in [0.3, 0.4) is 0 Å². The summed E-state index contributed by atoms with van der Waals surface area (Å²) in [6.07, 6.45) is -1.82. The number of rotatable bonds is 4. The summed E-state index contributed by atoms with van der Waals surface area (Å²) in [6, 6.07) is 12.4. The Kier molecular flexibility index (Phi) is 5.35. The first-order valence-corrected chi connectivity index (χ1v) is 9.32. The topological polar surface area (TPSA) is 90.0 Å². The third kappa shape index (κ3) is 4.15. The molecule has 162 valence electrons. The fourth-order valence-corrected chi connectivity index (χ4v) is 3.11. The second kappa shape index (κ2) is 8.14. The molecular weight excluding hydrogens is 425 g/mol. The van der Waals surface area contributed by atoms with Gasteiger partial charge in [-0.15, -0.1) is 0 Å². The summed E-state index contributed by atoms with van der Waals surface area (Å²) < 4.78 is 46.4. The van der Waals surface area contributed by atoms with Crippen molar-refractivity contribution in [1.29, 1.82) is 0 Å². The quantitative estimate of drug-likeness (QED) is 0.506. The SMILES string of the molecule is Cc1cc(=O)c(C(=O)Nc2ccc(-c3cnco3)cc2)nn1-c1ccccc1C(F)(F)F. The smallest absolute Gasteiger partial charge is 0.418 e. The number of amides is 1. The average Bonchev–Trinajstić information content (AvgIpc) is 3.28. The molecule has 0 aliphatic carbocycles. The molecule has 2 aromatic carbocycles. The van der Waals surface area contributed by atoms with Crippen molar-refractivity contribution in [2.75, 3.05) is 5.32 Å². The number of alkyl halides is 3. The average molecular weight is 440 g/mol. The van der Waals surface area contributed by atoms with E-state index in [1.54, 1.807) is 24.3 Å². The normalized spacial score (nSPS) is 11.4. The molecule has 0 saturated carbocycles. The monoisotopic (exact) mass is 440 g/mol. The van der Waals surface area contributed by atoms with E-state index >= 15 is 0 Å². The van der Waals surface area contributed by atoms with Crippen LogP contribution in [0.2, 0.25) is 0 Å². The number of aryl methyl sites for hydroxylation is 1. The number of hydrogen-bond acceptors (Lipinski definition) is 5. The summed E-state index contributed by atoms with van der Waals surface area (Å²) in [4.78, 5) is 28.9. The Morgan fingerprint density at radius 1 is 1.09 bits per heavy atom. The summed E-state index contributed by atoms with van der Waals surface area (Å²) in [7, 11) is 0. The van der Waals surface area contributed by atoms with Gasteiger partial charge in [0.25, 0.3) is 5.91 Å². The van der Waals surface area contributed by atoms with Crippen LogP contribution in [0.15, 0.2) is 76.4 Å². The largest absolute Gasteiger partial charge is 0.444 e. The molecule has 10 heteroatoms. The van der Waals surface area contributed by atoms with Gasteiger partial charge in [-0.3, -0.25) is 9.59 Å². The minimum absolute atomic E-state index is 0.152. The Morgan fingerprint density at radius 3 is 2.47 bits per heavy atom. The van der Waals surface area contributed by atoms with Gasteiger partial charge in [0.2, 0.25) is 5.43 Å². The molecule has 0 unspecified atom stereocenters. The predicted molar refractivity (Wildman–Crippen MR) is 109 cm³/mol. The highest BCUT2D eigenvalue weighted by atomic mass is 19.4. The van der Waals surface area contributed by atoms with E-state index in [0.29, 0.717) is 11.4 Å². The van der Waals surface area contributed by atoms with Crippen LogP contribution in [0, 0.1) is 6.92 Å². The van der Waals surface area contributed by atoms with Gasteiger partial charge in [-0.1, -0.05) is 12.1 Å². The zero-order valence-corrected chi connectivity index (χ0v) is 16.6. The van der Waals surface area contributed by atoms with E-state index in [2.05, 4.69) is 15.4 Å². The van der Waals surface area contributed by atoms with Crippen molar-refractivity contribution in [3.63, 3.8) is 0 Å². The zero-order valence-electron chi connectivity index (χ0n) is 16.6. The number of nitrogens with one attached hydrogen (secondary N) is 1. The predicted octanol–water partition coefficient (Wildman–Crippen LogP) is 4.47. The lowest BCUT2D eigenvalue weighted by molar-refractivity contribution is -0.137. The van der Waals surface area contributed by atoms with E-state index in [-0.39, 0.29) is 11.4 Å². The van der Waals surface area contributed by atoms with Crippen molar-refractivity contribution >= 4 is 11.6 Å². The molecule has 4 aromatic rings. The number of carbonyl (C=O) groups excluding carboxylic acids is 1. The van der Waals surface area contributed by atoms with E-state index in [0.717, 1.165) is 22.4 Å². The van der Waals surface area contributed by atoms with Crippen LogP contribution in [0.25, 0.3) is 17.0 Å². The molecule has 0 atom stereocenters. The highest BCUT2D eigenvalue weighted by Gasteiger charge is 2.34. The van der Waals surface area contributed by atoms with E-state index in [9.17, 15) is 22.8 Å². The summed E-state index contributed by atoms with van der Waals surface area (Å²) in [5.41, 5.74) is -1.23. The standard InChI is InChI=1S/C22H15F3N4O3/c1-13-10-18(30)20(28-29(13)17-5-3-2-4-16(17)22(23,24)25)21(31)27-15-8-6-14(7-9-15)19-11-26-12-32-19/h2-12H,1H3,(H,27,31). The van der Waals surface area contributed by atoms with Crippen LogP contribution >= 0.6 is 0 Å². The summed E-state index contributed by atoms with van der Waals surface area (Å²) >= 11 is 0. The third-order valence-corrected chi connectivity index (χ3v) is 4.62. The van der Waals surface area contributed by atoms with E-state index in [1.165, 1.54) is 37.7 Å². The lowest BCUT2D eigenvalue weighted by atomic mass is 10.1. The van der Waals surface area contributed by atoms with E-state index in [4.69, 9.17) is 4.42 Å². The minimum Gasteiger partial charge on any atom is -0.444 e. The maximum absolute atomic E-state index is 13.4. The lowest BCUT2D eigenvalue weighted by Gasteiger charge is -2.16. The molecule has 0 aliphatic heterocycles. The van der Waals surface area contributed by atoms with Crippen molar-refractivity contribution in [1.82, 2.24) is 14.8 Å². The first-order chi connectivity index (χ1) is 15.2. The molecule has 2 heterocycles. The van der Waals surface area contributed by atoms with Crippen molar-refractivity contribution in [2.24, 2.45) is 0 Å². The molecule has 7 nitrogen and oxygen atoms in total. The second-order valence-electron chi connectivity index (χ2n) is 6.82. The fourth-order valence-electron chi connectivity index (χ4n) is 3.11. The molecule has 2 aromatic heterocycles. The minimum atomic E-state index is -4.64. The second-order valence-corrected chi connectivity index (χ2v) is 6.82. The van der Waals surface area contributed by atoms with Gasteiger partial charge in [0, 0.05) is 23.0 Å². The van der Waals surface area contributed by atoms with Crippen molar-refractivity contribution in [2.45, 2.75) is 13.1 Å². The number of benzene rings is 2. The third-order valence-electron chi connectivity index (χ3n) is 4.62. The molecule has 1 N–H and O–H groups in total. The van der Waals surface area contributed by atoms with E-state index < -0.39 is 28.8 Å². The van der Waals surface area contributed by atoms with Gasteiger partial charge >= 0.3 is 6.18 Å². The fraction of sp³-hybridized carbons (Fsp3) is 0.0909. The molecule has 0 aliphatic rings. The number of oxazole rings is 1. The Bertz CT molecular complexity index is 1330. The van der Waals surface area contributed by atoms with Crippen LogP contribution in [0.5, 0.6) is 0 Å². The molecule has 0 saturated heterocycles. The first kappa shape index (κ1) is 21.0. The number of aromatic nitrogens is 3. The number of para-hydroxylation sites is 1. The number of halogens is 3. The number of anilines is 1. The van der Waals surface area contributed by atoms with Gasteiger partial charge in [0.05, 0.1) is 17.4 Å². The molecule has 0 fully saturated rings. The summed E-state index contributed by atoms with van der Waals surface area (Å²) in [5.74, 6) is -0.310.